The van der Waals surface area contributed by atoms with Crippen molar-refractivity contribution < 1.29 is 28.9 Å². The average Bonchev–Trinajstić information content (AvgIpc) is 3.28. The number of carbonyl (C=O) groups is 2. The van der Waals surface area contributed by atoms with E-state index in [4.69, 9.17) is 15.5 Å². The van der Waals surface area contributed by atoms with Gasteiger partial charge in [0.25, 0.3) is 5.56 Å². The number of esters is 1. The second-order valence-corrected chi connectivity index (χ2v) is 10.6. The molecule has 2 aromatic heterocycles. The molecule has 2 aliphatic heterocycles. The van der Waals surface area contributed by atoms with Crippen LogP contribution in [0.3, 0.4) is 0 Å². The largest absolute Gasteiger partial charge is 0.458 e. The van der Waals surface area contributed by atoms with Crippen molar-refractivity contribution in [3.8, 4) is 11.4 Å². The molecule has 1 aliphatic carbocycles. The van der Waals surface area contributed by atoms with Crippen LogP contribution in [0.2, 0.25) is 0 Å². The average molecular weight is 537 g/mol. The van der Waals surface area contributed by atoms with Crippen LogP contribution in [0.5, 0.6) is 0 Å². The third-order valence-electron chi connectivity index (χ3n) is 8.40. The lowest BCUT2D eigenvalue weighted by atomic mass is 9.81. The number of aliphatic hydroxyl groups is 2. The zero-order valence-corrected chi connectivity index (χ0v) is 21.6. The quantitative estimate of drug-likeness (QED) is 0.279. The maximum Gasteiger partial charge on any atom is 0.343 e. The van der Waals surface area contributed by atoms with Crippen LogP contribution in [0.15, 0.2) is 16.9 Å². The number of aromatic nitrogens is 2. The van der Waals surface area contributed by atoms with Gasteiger partial charge in [-0.25, -0.2) is 14.2 Å². The van der Waals surface area contributed by atoms with Crippen molar-refractivity contribution in [1.29, 1.82) is 0 Å². The lowest BCUT2D eigenvalue weighted by Gasteiger charge is -2.31. The lowest BCUT2D eigenvalue weighted by Crippen LogP contribution is -2.44. The number of hydrogen-bond acceptors (Lipinski definition) is 8. The number of aliphatic hydroxyl groups excluding tert-OH is 1. The van der Waals surface area contributed by atoms with Crippen LogP contribution in [0.25, 0.3) is 22.3 Å². The first-order valence-corrected chi connectivity index (χ1v) is 13.1. The number of cyclic esters (lactones) is 1. The van der Waals surface area contributed by atoms with E-state index >= 15 is 0 Å². The summed E-state index contributed by atoms with van der Waals surface area (Å²) in [5.74, 6) is -1.53. The molecule has 6 rings (SSSR count). The third-order valence-corrected chi connectivity index (χ3v) is 8.40. The first kappa shape index (κ1) is 25.6. The Labute approximate surface area is 222 Å². The van der Waals surface area contributed by atoms with Crippen LogP contribution < -0.4 is 16.6 Å². The van der Waals surface area contributed by atoms with Gasteiger partial charge in [0.1, 0.15) is 12.4 Å². The maximum absolute atomic E-state index is 15.0. The molecule has 4 heterocycles. The van der Waals surface area contributed by atoms with Gasteiger partial charge >= 0.3 is 5.97 Å². The number of benzene rings is 1. The summed E-state index contributed by atoms with van der Waals surface area (Å²) in [6, 6.07) is 1.83. The molecule has 0 spiro atoms. The summed E-state index contributed by atoms with van der Waals surface area (Å²) in [4.78, 5) is 43.7. The van der Waals surface area contributed by atoms with Crippen molar-refractivity contribution in [2.45, 2.75) is 70.4 Å². The van der Waals surface area contributed by atoms with E-state index < -0.39 is 35.0 Å². The van der Waals surface area contributed by atoms with E-state index in [1.165, 1.54) is 10.6 Å². The predicted octanol–water partition coefficient (Wildman–Crippen LogP) is 1.34. The lowest BCUT2D eigenvalue weighted by molar-refractivity contribution is -0.172. The Morgan fingerprint density at radius 1 is 1.33 bits per heavy atom. The second kappa shape index (κ2) is 8.94. The maximum atomic E-state index is 15.0. The van der Waals surface area contributed by atoms with Crippen molar-refractivity contribution in [1.82, 2.24) is 14.9 Å². The molecule has 0 fully saturated rings. The molecule has 0 radical (unpaired) electrons. The molecular formula is C28H29FN4O6. The van der Waals surface area contributed by atoms with Crippen molar-refractivity contribution in [2.24, 2.45) is 5.73 Å². The van der Waals surface area contributed by atoms with Gasteiger partial charge in [-0.15, -0.1) is 0 Å². The number of nitrogens with two attached hydrogens (primary N) is 1. The molecule has 204 valence electrons. The smallest absolute Gasteiger partial charge is 0.343 e. The van der Waals surface area contributed by atoms with Gasteiger partial charge in [-0.05, 0) is 48.9 Å². The number of ether oxygens (including phenoxy) is 1. The number of nitrogens with one attached hydrogen (secondary N) is 1. The van der Waals surface area contributed by atoms with Gasteiger partial charge in [0, 0.05) is 35.0 Å². The van der Waals surface area contributed by atoms with Gasteiger partial charge in [0.2, 0.25) is 5.91 Å². The molecule has 3 aliphatic rings. The van der Waals surface area contributed by atoms with E-state index in [0.717, 1.165) is 22.1 Å². The van der Waals surface area contributed by atoms with E-state index in [9.17, 15) is 29.0 Å². The summed E-state index contributed by atoms with van der Waals surface area (Å²) in [7, 11) is 0. The SMILES string of the molecule is CC[C@@]1(O)C(=O)OCc2c1cc1n(c2=O)Cc2c-1nc1cc(F)c(C)c3c1c2[C@@H](NC(=O)C[C@@H](N)CO)CC3. The highest BCUT2D eigenvalue weighted by Gasteiger charge is 2.46. The minimum atomic E-state index is -1.96. The van der Waals surface area contributed by atoms with E-state index in [1.807, 2.05) is 0 Å². The first-order valence-electron chi connectivity index (χ1n) is 13.1. The van der Waals surface area contributed by atoms with Crippen LogP contribution in [-0.4, -0.2) is 44.3 Å². The molecule has 0 saturated carbocycles. The van der Waals surface area contributed by atoms with Crippen molar-refractivity contribution in [2.75, 3.05) is 6.61 Å². The van der Waals surface area contributed by atoms with E-state index in [-0.39, 0.29) is 49.6 Å². The van der Waals surface area contributed by atoms with Crippen LogP contribution in [0, 0.1) is 12.7 Å². The van der Waals surface area contributed by atoms with E-state index in [1.54, 1.807) is 19.9 Å². The number of amides is 1. The summed E-state index contributed by atoms with van der Waals surface area (Å²) >= 11 is 0. The zero-order chi connectivity index (χ0) is 27.8. The summed E-state index contributed by atoms with van der Waals surface area (Å²) in [6.07, 6.45) is 0.981. The Balaban J connectivity index is 1.58. The molecule has 10 nitrogen and oxygen atoms in total. The number of rotatable bonds is 5. The Morgan fingerprint density at radius 3 is 2.82 bits per heavy atom. The summed E-state index contributed by atoms with van der Waals surface area (Å²) in [5.41, 5.74) is 7.89. The zero-order valence-electron chi connectivity index (χ0n) is 21.6. The normalized spacial score (nSPS) is 21.7. The summed E-state index contributed by atoms with van der Waals surface area (Å²) < 4.78 is 21.7. The molecule has 1 amide bonds. The number of halogens is 1. The van der Waals surface area contributed by atoms with E-state index in [2.05, 4.69) is 5.32 Å². The number of aryl methyl sites for hydroxylation is 1. The second-order valence-electron chi connectivity index (χ2n) is 10.6. The highest BCUT2D eigenvalue weighted by Crippen LogP contribution is 2.45. The Morgan fingerprint density at radius 2 is 2.10 bits per heavy atom. The Bertz CT molecular complexity index is 1650. The monoisotopic (exact) mass is 536 g/mol. The minimum Gasteiger partial charge on any atom is -0.458 e. The highest BCUT2D eigenvalue weighted by molar-refractivity contribution is 5.94. The van der Waals surface area contributed by atoms with Gasteiger partial charge in [0.05, 0.1) is 41.7 Å². The van der Waals surface area contributed by atoms with Gasteiger partial charge in [-0.3, -0.25) is 9.59 Å². The van der Waals surface area contributed by atoms with Gasteiger partial charge in [0.15, 0.2) is 5.60 Å². The van der Waals surface area contributed by atoms with Crippen LogP contribution in [-0.2, 0) is 39.5 Å². The number of carbonyl (C=O) groups excluding carboxylic acids is 2. The number of pyridine rings is 2. The number of nitrogens with zero attached hydrogens (tertiary/aromatic N) is 2. The van der Waals surface area contributed by atoms with E-state index in [0.29, 0.717) is 35.3 Å². The Hall–Kier alpha value is -3.67. The van der Waals surface area contributed by atoms with Crippen molar-refractivity contribution >= 4 is 22.8 Å². The first-order chi connectivity index (χ1) is 18.6. The third kappa shape index (κ3) is 3.64. The molecule has 3 aromatic rings. The van der Waals surface area contributed by atoms with Crippen molar-refractivity contribution in [3.63, 3.8) is 0 Å². The molecular weight excluding hydrogens is 507 g/mol. The minimum absolute atomic E-state index is 0.0168. The fraction of sp³-hybridized carbons (Fsp3) is 0.429. The molecule has 0 bridgehead atoms. The van der Waals surface area contributed by atoms with Gasteiger partial charge < -0.3 is 30.6 Å². The molecule has 5 N–H and O–H groups in total. The molecule has 1 aromatic carbocycles. The molecule has 39 heavy (non-hydrogen) atoms. The van der Waals surface area contributed by atoms with Crippen LogP contribution in [0.4, 0.5) is 4.39 Å². The van der Waals surface area contributed by atoms with Crippen molar-refractivity contribution in [3.05, 3.63) is 61.7 Å². The number of fused-ring (bicyclic) bond motifs is 5. The predicted molar refractivity (Wildman–Crippen MR) is 138 cm³/mol. The standard InChI is InChI=1S/C28H29FN4O6/c1-3-28(38)17-7-21-25-15(9-33(21)26(36)16(17)11-39-27(28)37)24-19(31-22(35)6-13(30)10-34)5-4-14-12(2)18(29)8-20(32-25)23(14)24/h7-8,13,19,34,38H,3-6,9-11,30H2,1-2H3,(H,31,35)/t13-,19+,28+/m1/s1. The van der Waals surface area contributed by atoms with Crippen LogP contribution >= 0.6 is 0 Å². The molecule has 3 atom stereocenters. The fourth-order valence-corrected chi connectivity index (χ4v) is 6.25. The molecule has 0 saturated heterocycles. The topological polar surface area (TPSA) is 157 Å². The fourth-order valence-electron chi connectivity index (χ4n) is 6.25. The van der Waals surface area contributed by atoms with Crippen LogP contribution in [0.1, 0.15) is 65.6 Å². The summed E-state index contributed by atoms with van der Waals surface area (Å²) in [5, 5.41) is 24.2. The van der Waals surface area contributed by atoms with Gasteiger partial charge in [-0.2, -0.15) is 0 Å². The molecule has 0 unspecified atom stereocenters. The molecule has 11 heteroatoms. The van der Waals surface area contributed by atoms with Gasteiger partial charge in [-0.1, -0.05) is 6.92 Å². The summed E-state index contributed by atoms with van der Waals surface area (Å²) in [6.45, 7) is 2.94. The highest BCUT2D eigenvalue weighted by atomic mass is 19.1. The number of hydrogen-bond donors (Lipinski definition) is 4. The Kier molecular flexibility index (Phi) is 5.87.